The van der Waals surface area contributed by atoms with Crippen molar-refractivity contribution >= 4 is 11.5 Å². The van der Waals surface area contributed by atoms with Crippen LogP contribution in [0, 0.1) is 6.92 Å². The Kier molecular flexibility index (Phi) is 3.98. The van der Waals surface area contributed by atoms with E-state index in [1.165, 1.54) is 0 Å². The van der Waals surface area contributed by atoms with Crippen LogP contribution in [-0.2, 0) is 0 Å². The van der Waals surface area contributed by atoms with Crippen LogP contribution in [0.2, 0.25) is 0 Å². The monoisotopic (exact) mass is 191 g/mol. The van der Waals surface area contributed by atoms with Crippen LogP contribution in [0.1, 0.15) is 18.9 Å². The van der Waals surface area contributed by atoms with Gasteiger partial charge in [-0.3, -0.25) is 0 Å². The SMILES string of the molecule is C/C=C/CCNc1cc(C)c(N)cn1. The van der Waals surface area contributed by atoms with Crippen LogP contribution in [0.3, 0.4) is 0 Å². The molecule has 1 heterocycles. The third-order valence-electron chi connectivity index (χ3n) is 2.00. The minimum absolute atomic E-state index is 0.740. The van der Waals surface area contributed by atoms with Gasteiger partial charge in [0.05, 0.1) is 11.9 Å². The number of hydrogen-bond acceptors (Lipinski definition) is 3. The molecule has 3 heteroatoms. The zero-order chi connectivity index (χ0) is 10.4. The lowest BCUT2D eigenvalue weighted by Gasteiger charge is -2.05. The number of allylic oxidation sites excluding steroid dienone is 1. The first-order valence-electron chi connectivity index (χ1n) is 4.81. The van der Waals surface area contributed by atoms with E-state index in [0.29, 0.717) is 0 Å². The van der Waals surface area contributed by atoms with E-state index >= 15 is 0 Å². The number of nitrogens with two attached hydrogens (primary N) is 1. The predicted molar refractivity (Wildman–Crippen MR) is 61.3 cm³/mol. The summed E-state index contributed by atoms with van der Waals surface area (Å²) in [5.74, 6) is 0.890. The van der Waals surface area contributed by atoms with Crippen molar-refractivity contribution < 1.29 is 0 Å². The minimum Gasteiger partial charge on any atom is -0.397 e. The van der Waals surface area contributed by atoms with E-state index < -0.39 is 0 Å². The molecule has 76 valence electrons. The molecular weight excluding hydrogens is 174 g/mol. The molecule has 3 N–H and O–H groups in total. The Bertz CT molecular complexity index is 318. The number of anilines is 2. The lowest BCUT2D eigenvalue weighted by atomic mass is 10.2. The van der Waals surface area contributed by atoms with Crippen molar-refractivity contribution in [1.82, 2.24) is 4.98 Å². The second kappa shape index (κ2) is 5.27. The molecule has 0 atom stereocenters. The highest BCUT2D eigenvalue weighted by molar-refractivity contribution is 5.50. The van der Waals surface area contributed by atoms with Gasteiger partial charge in [0, 0.05) is 6.54 Å². The molecule has 0 amide bonds. The second-order valence-electron chi connectivity index (χ2n) is 3.21. The van der Waals surface area contributed by atoms with Crippen LogP contribution < -0.4 is 11.1 Å². The Labute approximate surface area is 85.0 Å². The van der Waals surface area contributed by atoms with Crippen LogP contribution >= 0.6 is 0 Å². The first-order valence-corrected chi connectivity index (χ1v) is 4.81. The van der Waals surface area contributed by atoms with E-state index in [1.807, 2.05) is 26.0 Å². The van der Waals surface area contributed by atoms with Crippen molar-refractivity contribution in [3.63, 3.8) is 0 Å². The smallest absolute Gasteiger partial charge is 0.126 e. The molecule has 0 bridgehead atoms. The molecule has 3 nitrogen and oxygen atoms in total. The minimum atomic E-state index is 0.740. The van der Waals surface area contributed by atoms with Crippen LogP contribution in [0.5, 0.6) is 0 Å². The van der Waals surface area contributed by atoms with Gasteiger partial charge in [0.2, 0.25) is 0 Å². The second-order valence-corrected chi connectivity index (χ2v) is 3.21. The molecule has 0 fully saturated rings. The first-order chi connectivity index (χ1) is 6.74. The van der Waals surface area contributed by atoms with Crippen molar-refractivity contribution in [1.29, 1.82) is 0 Å². The molecule has 0 saturated carbocycles. The van der Waals surface area contributed by atoms with E-state index in [2.05, 4.69) is 16.4 Å². The Hall–Kier alpha value is -1.51. The van der Waals surface area contributed by atoms with Gasteiger partial charge in [-0.25, -0.2) is 4.98 Å². The molecular formula is C11H17N3. The summed E-state index contributed by atoms with van der Waals surface area (Å²) in [7, 11) is 0. The third-order valence-corrected chi connectivity index (χ3v) is 2.00. The predicted octanol–water partition coefficient (Wildman–Crippen LogP) is 2.35. The van der Waals surface area contributed by atoms with E-state index in [0.717, 1.165) is 30.0 Å². The zero-order valence-corrected chi connectivity index (χ0v) is 8.75. The molecule has 1 aromatic rings. The van der Waals surface area contributed by atoms with E-state index in [9.17, 15) is 0 Å². The van der Waals surface area contributed by atoms with Gasteiger partial charge in [-0.15, -0.1) is 0 Å². The summed E-state index contributed by atoms with van der Waals surface area (Å²) in [6.07, 6.45) is 6.87. The molecule has 14 heavy (non-hydrogen) atoms. The third kappa shape index (κ3) is 3.09. The van der Waals surface area contributed by atoms with Gasteiger partial charge in [-0.1, -0.05) is 12.2 Å². The number of rotatable bonds is 4. The standard InChI is InChI=1S/C11H17N3/c1-3-4-5-6-13-11-7-9(2)10(12)8-14-11/h3-4,7-8H,5-6,12H2,1-2H3,(H,13,14)/b4-3+. The summed E-state index contributed by atoms with van der Waals surface area (Å²) in [5.41, 5.74) is 7.47. The maximum atomic E-state index is 5.66. The number of nitrogens with zero attached hydrogens (tertiary/aromatic N) is 1. The molecule has 0 spiro atoms. The number of pyridine rings is 1. The fourth-order valence-corrected chi connectivity index (χ4v) is 1.11. The Morgan fingerprint density at radius 1 is 1.57 bits per heavy atom. The molecule has 0 unspecified atom stereocenters. The van der Waals surface area contributed by atoms with Crippen molar-refractivity contribution in [3.05, 3.63) is 30.0 Å². The Balaban J connectivity index is 2.47. The fraction of sp³-hybridized carbons (Fsp3) is 0.364. The summed E-state index contributed by atoms with van der Waals surface area (Å²) in [5, 5.41) is 3.23. The van der Waals surface area contributed by atoms with Crippen molar-refractivity contribution in [2.45, 2.75) is 20.3 Å². The summed E-state index contributed by atoms with van der Waals surface area (Å²) in [4.78, 5) is 4.18. The summed E-state index contributed by atoms with van der Waals surface area (Å²) < 4.78 is 0. The quantitative estimate of drug-likeness (QED) is 0.567. The van der Waals surface area contributed by atoms with Crippen LogP contribution in [0.25, 0.3) is 0 Å². The number of hydrogen-bond donors (Lipinski definition) is 2. The Morgan fingerprint density at radius 2 is 2.36 bits per heavy atom. The lowest BCUT2D eigenvalue weighted by molar-refractivity contribution is 1.04. The highest BCUT2D eigenvalue weighted by Gasteiger charge is 1.96. The molecule has 0 aliphatic rings. The normalized spacial score (nSPS) is 10.7. The number of nitrogens with one attached hydrogen (secondary N) is 1. The van der Waals surface area contributed by atoms with Gasteiger partial charge in [-0.05, 0) is 31.9 Å². The van der Waals surface area contributed by atoms with Gasteiger partial charge in [0.15, 0.2) is 0 Å². The molecule has 1 aromatic heterocycles. The average molecular weight is 191 g/mol. The van der Waals surface area contributed by atoms with E-state index in [4.69, 9.17) is 5.73 Å². The number of aromatic nitrogens is 1. The number of aryl methyl sites for hydroxylation is 1. The fourth-order valence-electron chi connectivity index (χ4n) is 1.11. The van der Waals surface area contributed by atoms with Gasteiger partial charge >= 0.3 is 0 Å². The molecule has 0 saturated heterocycles. The van der Waals surface area contributed by atoms with Gasteiger partial charge in [0.25, 0.3) is 0 Å². The van der Waals surface area contributed by atoms with Gasteiger partial charge in [-0.2, -0.15) is 0 Å². The summed E-state index contributed by atoms with van der Waals surface area (Å²) >= 11 is 0. The molecule has 0 aliphatic heterocycles. The van der Waals surface area contributed by atoms with Gasteiger partial charge in [0.1, 0.15) is 5.82 Å². The highest BCUT2D eigenvalue weighted by Crippen LogP contribution is 2.12. The lowest BCUT2D eigenvalue weighted by Crippen LogP contribution is -2.03. The maximum Gasteiger partial charge on any atom is 0.126 e. The summed E-state index contributed by atoms with van der Waals surface area (Å²) in [6.45, 7) is 4.90. The average Bonchev–Trinajstić information content (AvgIpc) is 2.18. The maximum absolute atomic E-state index is 5.66. The van der Waals surface area contributed by atoms with Crippen LogP contribution in [-0.4, -0.2) is 11.5 Å². The topological polar surface area (TPSA) is 50.9 Å². The van der Waals surface area contributed by atoms with Crippen molar-refractivity contribution in [2.24, 2.45) is 0 Å². The van der Waals surface area contributed by atoms with Crippen molar-refractivity contribution in [2.75, 3.05) is 17.6 Å². The van der Waals surface area contributed by atoms with E-state index in [-0.39, 0.29) is 0 Å². The first kappa shape index (κ1) is 10.6. The van der Waals surface area contributed by atoms with Crippen molar-refractivity contribution in [3.8, 4) is 0 Å². The summed E-state index contributed by atoms with van der Waals surface area (Å²) in [6, 6.07) is 1.96. The van der Waals surface area contributed by atoms with E-state index in [1.54, 1.807) is 6.20 Å². The molecule has 1 rings (SSSR count). The molecule has 0 radical (unpaired) electrons. The van der Waals surface area contributed by atoms with Crippen LogP contribution in [0.4, 0.5) is 11.5 Å². The molecule has 0 aromatic carbocycles. The Morgan fingerprint density at radius 3 is 3.00 bits per heavy atom. The number of nitrogen functional groups attached to an aromatic ring is 1. The highest BCUT2D eigenvalue weighted by atomic mass is 15.0. The van der Waals surface area contributed by atoms with Gasteiger partial charge < -0.3 is 11.1 Å². The largest absolute Gasteiger partial charge is 0.397 e. The van der Waals surface area contributed by atoms with Crippen LogP contribution in [0.15, 0.2) is 24.4 Å². The molecule has 0 aliphatic carbocycles. The zero-order valence-electron chi connectivity index (χ0n) is 8.75.